The summed E-state index contributed by atoms with van der Waals surface area (Å²) in [6, 6.07) is 5.80. The molecule has 1 saturated heterocycles. The van der Waals surface area contributed by atoms with Crippen LogP contribution in [0.1, 0.15) is 32.6 Å². The highest BCUT2D eigenvalue weighted by atomic mass is 16.6. The predicted molar refractivity (Wildman–Crippen MR) is 86.1 cm³/mol. The number of amides is 2. The molecule has 1 aliphatic heterocycles. The molecule has 1 atom stereocenters. The Morgan fingerprint density at radius 3 is 2.52 bits per heavy atom. The van der Waals surface area contributed by atoms with Crippen molar-refractivity contribution in [3.8, 4) is 0 Å². The smallest absolute Gasteiger partial charge is 0.269 e. The van der Waals surface area contributed by atoms with Crippen molar-refractivity contribution in [3.05, 3.63) is 34.4 Å². The number of carbonyl (C=O) groups is 2. The van der Waals surface area contributed by atoms with Gasteiger partial charge in [0.05, 0.1) is 4.92 Å². The summed E-state index contributed by atoms with van der Waals surface area (Å²) in [5, 5.41) is 10.7. The summed E-state index contributed by atoms with van der Waals surface area (Å²) >= 11 is 0. The Bertz CT molecular complexity index is 600. The van der Waals surface area contributed by atoms with Crippen LogP contribution in [0.4, 0.5) is 11.4 Å². The van der Waals surface area contributed by atoms with Gasteiger partial charge < -0.3 is 9.80 Å². The Morgan fingerprint density at radius 2 is 1.96 bits per heavy atom. The fraction of sp³-hybridized carbons (Fsp3) is 0.500. The van der Waals surface area contributed by atoms with Crippen molar-refractivity contribution in [2.75, 3.05) is 18.5 Å². The number of nitrogens with zero attached hydrogens (tertiary/aromatic N) is 3. The van der Waals surface area contributed by atoms with E-state index in [0.29, 0.717) is 12.2 Å². The topological polar surface area (TPSA) is 83.8 Å². The molecule has 1 fully saturated rings. The van der Waals surface area contributed by atoms with Gasteiger partial charge in [0.25, 0.3) is 5.69 Å². The lowest BCUT2D eigenvalue weighted by Gasteiger charge is -2.35. The fourth-order valence-electron chi connectivity index (χ4n) is 2.91. The van der Waals surface area contributed by atoms with Gasteiger partial charge in [0, 0.05) is 50.8 Å². The van der Waals surface area contributed by atoms with E-state index in [-0.39, 0.29) is 30.0 Å². The van der Waals surface area contributed by atoms with E-state index in [1.165, 1.54) is 24.0 Å². The Labute approximate surface area is 135 Å². The van der Waals surface area contributed by atoms with Crippen molar-refractivity contribution in [3.63, 3.8) is 0 Å². The number of hydrogen-bond acceptors (Lipinski definition) is 4. The molecule has 1 aliphatic rings. The van der Waals surface area contributed by atoms with Gasteiger partial charge in [0.2, 0.25) is 11.8 Å². The maximum absolute atomic E-state index is 12.5. The van der Waals surface area contributed by atoms with Gasteiger partial charge in [0.15, 0.2) is 0 Å². The summed E-state index contributed by atoms with van der Waals surface area (Å²) in [4.78, 5) is 37.6. The second kappa shape index (κ2) is 7.21. The van der Waals surface area contributed by atoms with Crippen molar-refractivity contribution < 1.29 is 14.5 Å². The summed E-state index contributed by atoms with van der Waals surface area (Å²) in [6.07, 6.45) is 3.10. The number of hydrogen-bond donors (Lipinski definition) is 0. The Kier molecular flexibility index (Phi) is 5.31. The van der Waals surface area contributed by atoms with Crippen LogP contribution in [0.3, 0.4) is 0 Å². The monoisotopic (exact) mass is 319 g/mol. The minimum atomic E-state index is -0.474. The fourth-order valence-corrected chi connectivity index (χ4v) is 2.91. The minimum absolute atomic E-state index is 0.000453. The quantitative estimate of drug-likeness (QED) is 0.630. The lowest BCUT2D eigenvalue weighted by molar-refractivity contribution is -0.384. The SMILES string of the molecule is CC(=O)N1CCCC[C@@H]1CC(=O)N(C)c1ccc([N+](=O)[O-])cc1. The average Bonchev–Trinajstić information content (AvgIpc) is 2.54. The van der Waals surface area contributed by atoms with E-state index in [4.69, 9.17) is 0 Å². The molecule has 124 valence electrons. The maximum Gasteiger partial charge on any atom is 0.269 e. The van der Waals surface area contributed by atoms with Gasteiger partial charge in [-0.1, -0.05) is 0 Å². The Hall–Kier alpha value is -2.44. The van der Waals surface area contributed by atoms with E-state index in [1.54, 1.807) is 24.1 Å². The molecule has 2 amide bonds. The van der Waals surface area contributed by atoms with Gasteiger partial charge >= 0.3 is 0 Å². The van der Waals surface area contributed by atoms with Crippen molar-refractivity contribution >= 4 is 23.2 Å². The van der Waals surface area contributed by atoms with Crippen molar-refractivity contribution in [2.24, 2.45) is 0 Å². The molecule has 7 heteroatoms. The standard InChI is InChI=1S/C16H21N3O4/c1-12(20)18-10-4-3-5-15(18)11-16(21)17(2)13-6-8-14(9-7-13)19(22)23/h6-9,15H,3-5,10-11H2,1-2H3/t15-/m1/s1. The predicted octanol–water partition coefficient (Wildman–Crippen LogP) is 2.35. The molecule has 1 heterocycles. The van der Waals surface area contributed by atoms with Crippen molar-refractivity contribution in [2.45, 2.75) is 38.6 Å². The molecular formula is C16H21N3O4. The van der Waals surface area contributed by atoms with E-state index in [0.717, 1.165) is 19.3 Å². The van der Waals surface area contributed by atoms with Gasteiger partial charge in [0.1, 0.15) is 0 Å². The molecule has 0 bridgehead atoms. The first kappa shape index (κ1) is 16.9. The van der Waals surface area contributed by atoms with Crippen LogP contribution in [0.5, 0.6) is 0 Å². The third-order valence-corrected chi connectivity index (χ3v) is 4.26. The van der Waals surface area contributed by atoms with Crippen LogP contribution >= 0.6 is 0 Å². The number of piperidine rings is 1. The number of likely N-dealkylation sites (tertiary alicyclic amines) is 1. The van der Waals surface area contributed by atoms with Crippen LogP contribution in [-0.4, -0.2) is 41.3 Å². The van der Waals surface area contributed by atoms with Gasteiger partial charge in [-0.25, -0.2) is 0 Å². The number of nitro benzene ring substituents is 1. The molecule has 0 aromatic heterocycles. The number of non-ortho nitro benzene ring substituents is 1. The molecule has 23 heavy (non-hydrogen) atoms. The first-order chi connectivity index (χ1) is 10.9. The van der Waals surface area contributed by atoms with Gasteiger partial charge in [-0.2, -0.15) is 0 Å². The third-order valence-electron chi connectivity index (χ3n) is 4.26. The number of anilines is 1. The molecule has 0 saturated carbocycles. The van der Waals surface area contributed by atoms with Crippen molar-refractivity contribution in [1.82, 2.24) is 4.90 Å². The molecule has 2 rings (SSSR count). The van der Waals surface area contributed by atoms with E-state index in [1.807, 2.05) is 0 Å². The third kappa shape index (κ3) is 4.06. The largest absolute Gasteiger partial charge is 0.339 e. The van der Waals surface area contributed by atoms with Crippen LogP contribution in [-0.2, 0) is 9.59 Å². The number of rotatable bonds is 4. The van der Waals surface area contributed by atoms with Crippen LogP contribution in [0.2, 0.25) is 0 Å². The normalized spacial score (nSPS) is 17.7. The minimum Gasteiger partial charge on any atom is -0.339 e. The van der Waals surface area contributed by atoms with E-state index < -0.39 is 4.92 Å². The van der Waals surface area contributed by atoms with E-state index in [2.05, 4.69) is 0 Å². The molecule has 7 nitrogen and oxygen atoms in total. The van der Waals surface area contributed by atoms with Crippen LogP contribution < -0.4 is 4.90 Å². The number of carbonyl (C=O) groups excluding carboxylic acids is 2. The second-order valence-electron chi connectivity index (χ2n) is 5.79. The summed E-state index contributed by atoms with van der Waals surface area (Å²) in [5.41, 5.74) is 0.593. The Morgan fingerprint density at radius 1 is 1.30 bits per heavy atom. The molecule has 0 unspecified atom stereocenters. The zero-order valence-electron chi connectivity index (χ0n) is 13.4. The summed E-state index contributed by atoms with van der Waals surface area (Å²) in [5.74, 6) is -0.0995. The highest BCUT2D eigenvalue weighted by molar-refractivity contribution is 5.93. The number of benzene rings is 1. The van der Waals surface area contributed by atoms with Gasteiger partial charge in [-0.05, 0) is 31.4 Å². The second-order valence-corrected chi connectivity index (χ2v) is 5.79. The molecule has 1 aromatic rings. The highest BCUT2D eigenvalue weighted by Crippen LogP contribution is 2.23. The lowest BCUT2D eigenvalue weighted by atomic mass is 9.98. The molecule has 0 spiro atoms. The zero-order valence-corrected chi connectivity index (χ0v) is 13.4. The van der Waals surface area contributed by atoms with Crippen molar-refractivity contribution in [1.29, 1.82) is 0 Å². The van der Waals surface area contributed by atoms with Crippen LogP contribution in [0, 0.1) is 10.1 Å². The first-order valence-corrected chi connectivity index (χ1v) is 7.68. The average molecular weight is 319 g/mol. The van der Waals surface area contributed by atoms with Gasteiger partial charge in [-0.3, -0.25) is 19.7 Å². The molecule has 0 radical (unpaired) electrons. The van der Waals surface area contributed by atoms with E-state index in [9.17, 15) is 19.7 Å². The number of nitro groups is 1. The summed E-state index contributed by atoms with van der Waals surface area (Å²) in [6.45, 7) is 2.23. The first-order valence-electron chi connectivity index (χ1n) is 7.68. The lowest BCUT2D eigenvalue weighted by Crippen LogP contribution is -2.45. The van der Waals surface area contributed by atoms with E-state index >= 15 is 0 Å². The Balaban J connectivity index is 2.04. The van der Waals surface area contributed by atoms with Gasteiger partial charge in [-0.15, -0.1) is 0 Å². The summed E-state index contributed by atoms with van der Waals surface area (Å²) in [7, 11) is 1.64. The summed E-state index contributed by atoms with van der Waals surface area (Å²) < 4.78 is 0. The van der Waals surface area contributed by atoms with Crippen LogP contribution in [0.25, 0.3) is 0 Å². The molecule has 0 N–H and O–H groups in total. The molecule has 0 aliphatic carbocycles. The highest BCUT2D eigenvalue weighted by Gasteiger charge is 2.27. The molecular weight excluding hydrogens is 298 g/mol. The zero-order chi connectivity index (χ0) is 17.0. The maximum atomic E-state index is 12.5. The van der Waals surface area contributed by atoms with Crippen LogP contribution in [0.15, 0.2) is 24.3 Å². The molecule has 1 aromatic carbocycles.